The van der Waals surface area contributed by atoms with Crippen molar-refractivity contribution in [2.75, 3.05) is 24.7 Å². The number of nitrogens with zero attached hydrogens (tertiary/aromatic N) is 4. The zero-order valence-corrected chi connectivity index (χ0v) is 11.0. The number of benzene rings is 1. The van der Waals surface area contributed by atoms with Gasteiger partial charge < -0.3 is 15.4 Å². The van der Waals surface area contributed by atoms with E-state index in [4.69, 9.17) is 10.5 Å². The average Bonchev–Trinajstić information content (AvgIpc) is 2.37. The molecule has 0 aliphatic heterocycles. The van der Waals surface area contributed by atoms with Gasteiger partial charge in [-0.25, -0.2) is 8.78 Å². The molecule has 0 atom stereocenters. The molecule has 0 saturated carbocycles. The third-order valence-electron chi connectivity index (χ3n) is 2.34. The van der Waals surface area contributed by atoms with Crippen LogP contribution in [0.1, 0.15) is 5.82 Å². The Morgan fingerprint density at radius 2 is 1.95 bits per heavy atom. The van der Waals surface area contributed by atoms with Gasteiger partial charge >= 0.3 is 0 Å². The van der Waals surface area contributed by atoms with Crippen LogP contribution in [0.5, 0.6) is 5.75 Å². The van der Waals surface area contributed by atoms with Crippen LogP contribution in [0.3, 0.4) is 0 Å². The third kappa shape index (κ3) is 3.28. The SMILES string of the molecule is CN(C)c1nc(N)nc(COc2ccc(F)cc2F)n1. The summed E-state index contributed by atoms with van der Waals surface area (Å²) in [6, 6.07) is 3.04. The molecule has 0 radical (unpaired) electrons. The first-order chi connectivity index (χ1) is 9.45. The van der Waals surface area contributed by atoms with Crippen LogP contribution < -0.4 is 15.4 Å². The van der Waals surface area contributed by atoms with Crippen LogP contribution in [0.15, 0.2) is 18.2 Å². The highest BCUT2D eigenvalue weighted by Crippen LogP contribution is 2.18. The van der Waals surface area contributed by atoms with Gasteiger partial charge in [0.25, 0.3) is 0 Å². The molecule has 0 unspecified atom stereocenters. The molecule has 0 bridgehead atoms. The van der Waals surface area contributed by atoms with Gasteiger partial charge in [0.2, 0.25) is 11.9 Å². The maximum atomic E-state index is 13.4. The minimum atomic E-state index is -0.792. The van der Waals surface area contributed by atoms with Gasteiger partial charge in [0.1, 0.15) is 12.4 Å². The number of rotatable bonds is 4. The molecule has 2 rings (SSSR count). The van der Waals surface area contributed by atoms with Crippen molar-refractivity contribution in [1.29, 1.82) is 0 Å². The lowest BCUT2D eigenvalue weighted by molar-refractivity contribution is 0.280. The van der Waals surface area contributed by atoms with Crippen LogP contribution >= 0.6 is 0 Å². The molecule has 0 aliphatic rings. The van der Waals surface area contributed by atoms with Gasteiger partial charge in [-0.2, -0.15) is 15.0 Å². The zero-order chi connectivity index (χ0) is 14.7. The number of anilines is 2. The summed E-state index contributed by atoms with van der Waals surface area (Å²) in [5.74, 6) is -0.881. The van der Waals surface area contributed by atoms with Crippen LogP contribution in [-0.4, -0.2) is 29.0 Å². The molecular weight excluding hydrogens is 268 g/mol. The number of ether oxygens (including phenoxy) is 1. The Labute approximate surface area is 114 Å². The van der Waals surface area contributed by atoms with Gasteiger partial charge in [-0.05, 0) is 12.1 Å². The van der Waals surface area contributed by atoms with Crippen molar-refractivity contribution in [2.45, 2.75) is 6.61 Å². The number of nitrogens with two attached hydrogens (primary N) is 1. The molecule has 1 heterocycles. The molecule has 6 nitrogen and oxygen atoms in total. The van der Waals surface area contributed by atoms with Crippen LogP contribution in [0.2, 0.25) is 0 Å². The molecule has 0 saturated heterocycles. The predicted molar refractivity (Wildman–Crippen MR) is 69.3 cm³/mol. The van der Waals surface area contributed by atoms with E-state index >= 15 is 0 Å². The summed E-state index contributed by atoms with van der Waals surface area (Å²) in [5, 5.41) is 0. The van der Waals surface area contributed by atoms with Crippen molar-refractivity contribution >= 4 is 11.9 Å². The first-order valence-corrected chi connectivity index (χ1v) is 5.71. The summed E-state index contributed by atoms with van der Waals surface area (Å²) in [4.78, 5) is 13.6. The molecule has 1 aromatic heterocycles. The Kier molecular flexibility index (Phi) is 3.92. The van der Waals surface area contributed by atoms with Crippen LogP contribution in [0.4, 0.5) is 20.7 Å². The number of hydrogen-bond donors (Lipinski definition) is 1. The highest BCUT2D eigenvalue weighted by molar-refractivity contribution is 5.32. The number of aromatic nitrogens is 3. The number of halogens is 2. The quantitative estimate of drug-likeness (QED) is 0.912. The number of nitrogen functional groups attached to an aromatic ring is 1. The van der Waals surface area contributed by atoms with Gasteiger partial charge in [-0.3, -0.25) is 0 Å². The maximum absolute atomic E-state index is 13.4. The van der Waals surface area contributed by atoms with Crippen molar-refractivity contribution in [2.24, 2.45) is 0 Å². The molecule has 2 N–H and O–H groups in total. The zero-order valence-electron chi connectivity index (χ0n) is 11.0. The number of hydrogen-bond acceptors (Lipinski definition) is 6. The molecule has 1 aromatic carbocycles. The fourth-order valence-electron chi connectivity index (χ4n) is 1.42. The molecule has 20 heavy (non-hydrogen) atoms. The van der Waals surface area contributed by atoms with E-state index < -0.39 is 11.6 Å². The van der Waals surface area contributed by atoms with Crippen LogP contribution in [-0.2, 0) is 6.61 Å². The fraction of sp³-hybridized carbons (Fsp3) is 0.250. The first-order valence-electron chi connectivity index (χ1n) is 5.71. The van der Waals surface area contributed by atoms with Crippen molar-refractivity contribution in [1.82, 2.24) is 15.0 Å². The lowest BCUT2D eigenvalue weighted by atomic mass is 10.3. The molecule has 0 aliphatic carbocycles. The summed E-state index contributed by atoms with van der Waals surface area (Å²) in [6.07, 6.45) is 0. The largest absolute Gasteiger partial charge is 0.483 e. The fourth-order valence-corrected chi connectivity index (χ4v) is 1.42. The summed E-state index contributed by atoms with van der Waals surface area (Å²) in [7, 11) is 3.50. The van der Waals surface area contributed by atoms with E-state index in [0.29, 0.717) is 5.95 Å². The van der Waals surface area contributed by atoms with Gasteiger partial charge in [0, 0.05) is 20.2 Å². The lowest BCUT2D eigenvalue weighted by Gasteiger charge is -2.12. The van der Waals surface area contributed by atoms with E-state index in [2.05, 4.69) is 15.0 Å². The van der Waals surface area contributed by atoms with Crippen molar-refractivity contribution in [3.63, 3.8) is 0 Å². The Morgan fingerprint density at radius 3 is 2.60 bits per heavy atom. The predicted octanol–water partition coefficient (Wildman–Crippen LogP) is 1.38. The highest BCUT2D eigenvalue weighted by Gasteiger charge is 2.09. The third-order valence-corrected chi connectivity index (χ3v) is 2.34. The lowest BCUT2D eigenvalue weighted by Crippen LogP contribution is -2.17. The standard InChI is InChI=1S/C12H13F2N5O/c1-19(2)12-17-10(16-11(15)18-12)6-20-9-4-3-7(13)5-8(9)14/h3-5H,6H2,1-2H3,(H2,15,16,17,18). The van der Waals surface area contributed by atoms with Crippen LogP contribution in [0, 0.1) is 11.6 Å². The minimum absolute atomic E-state index is 0.0434. The molecule has 0 amide bonds. The summed E-state index contributed by atoms with van der Waals surface area (Å²) in [5.41, 5.74) is 5.55. The van der Waals surface area contributed by atoms with Gasteiger partial charge in [0.15, 0.2) is 17.4 Å². The summed E-state index contributed by atoms with van der Waals surface area (Å²) in [6.45, 7) is -0.101. The van der Waals surface area contributed by atoms with E-state index in [1.54, 1.807) is 19.0 Å². The second-order valence-electron chi connectivity index (χ2n) is 4.17. The second-order valence-corrected chi connectivity index (χ2v) is 4.17. The van der Waals surface area contributed by atoms with E-state index in [1.165, 1.54) is 6.07 Å². The topological polar surface area (TPSA) is 77.2 Å². The smallest absolute Gasteiger partial charge is 0.230 e. The molecule has 2 aromatic rings. The van der Waals surface area contributed by atoms with Crippen LogP contribution in [0.25, 0.3) is 0 Å². The Bertz CT molecular complexity index is 621. The molecule has 106 valence electrons. The Morgan fingerprint density at radius 1 is 1.20 bits per heavy atom. The second kappa shape index (κ2) is 5.64. The van der Waals surface area contributed by atoms with Crippen molar-refractivity contribution < 1.29 is 13.5 Å². The summed E-state index contributed by atoms with van der Waals surface area (Å²) >= 11 is 0. The highest BCUT2D eigenvalue weighted by atomic mass is 19.1. The van der Waals surface area contributed by atoms with Gasteiger partial charge in [0.05, 0.1) is 0 Å². The van der Waals surface area contributed by atoms with Crippen molar-refractivity contribution in [3.8, 4) is 5.75 Å². The van der Waals surface area contributed by atoms with E-state index in [1.807, 2.05) is 0 Å². The van der Waals surface area contributed by atoms with Gasteiger partial charge in [-0.1, -0.05) is 0 Å². The first kappa shape index (κ1) is 13.9. The van der Waals surface area contributed by atoms with E-state index in [-0.39, 0.29) is 24.1 Å². The summed E-state index contributed by atoms with van der Waals surface area (Å²) < 4.78 is 31.3. The van der Waals surface area contributed by atoms with Crippen molar-refractivity contribution in [3.05, 3.63) is 35.7 Å². The van der Waals surface area contributed by atoms with E-state index in [0.717, 1.165) is 12.1 Å². The Balaban J connectivity index is 2.14. The van der Waals surface area contributed by atoms with Gasteiger partial charge in [-0.15, -0.1) is 0 Å². The monoisotopic (exact) mass is 281 g/mol. The molecule has 0 spiro atoms. The molecule has 0 fully saturated rings. The van der Waals surface area contributed by atoms with E-state index in [9.17, 15) is 8.78 Å². The molecule has 8 heteroatoms. The molecular formula is C12H13F2N5O. The maximum Gasteiger partial charge on any atom is 0.230 e. The minimum Gasteiger partial charge on any atom is -0.483 e. The normalized spacial score (nSPS) is 10.4. The average molecular weight is 281 g/mol. The Hall–Kier alpha value is -2.51.